The van der Waals surface area contributed by atoms with Crippen molar-refractivity contribution in [2.45, 2.75) is 116 Å². The minimum Gasteiger partial charge on any atom is -0.305 e. The fourth-order valence-corrected chi connectivity index (χ4v) is 14.3. The van der Waals surface area contributed by atoms with Crippen LogP contribution in [0.3, 0.4) is 0 Å². The minimum absolute atomic E-state index is 0.000912. The van der Waals surface area contributed by atoms with Crippen LogP contribution in [-0.4, -0.2) is 20.4 Å². The molecule has 6 heteroatoms. The third-order valence-electron chi connectivity index (χ3n) is 17.7. The lowest BCUT2D eigenvalue weighted by Crippen LogP contribution is -2.15. The number of ketones is 2. The molecule has 4 aromatic heterocycles. The molecule has 17 rings (SSSR count). The lowest BCUT2D eigenvalue weighted by atomic mass is 9.82. The summed E-state index contributed by atoms with van der Waals surface area (Å²) in [5.74, 6) is 0.0487. The van der Waals surface area contributed by atoms with E-state index in [1.807, 2.05) is 20.9 Å². The summed E-state index contributed by atoms with van der Waals surface area (Å²) in [6.45, 7) is 13.2. The van der Waals surface area contributed by atoms with E-state index in [0.29, 0.717) is 22.6 Å². The number of hydrogen-bond acceptors (Lipinski definition) is 2. The highest BCUT2D eigenvalue weighted by atomic mass is 19.1. The van der Waals surface area contributed by atoms with Gasteiger partial charge in [-0.1, -0.05) is 77.9 Å². The zero-order valence-electron chi connectivity index (χ0n) is 38.4. The molecule has 0 saturated heterocycles. The summed E-state index contributed by atoms with van der Waals surface area (Å²) in [5.41, 5.74) is 9.30. The Hall–Kier alpha value is -6.14. The van der Waals surface area contributed by atoms with Gasteiger partial charge in [-0.3, -0.25) is 9.59 Å². The monoisotopic (exact) mass is 868 g/mol. The Morgan fingerprint density at radius 3 is 1.18 bits per heavy atom. The summed E-state index contributed by atoms with van der Waals surface area (Å²) < 4.78 is 41.9. The summed E-state index contributed by atoms with van der Waals surface area (Å²) in [7, 11) is 0. The molecule has 0 atom stereocenters. The molecule has 6 aliphatic rings. The van der Waals surface area contributed by atoms with Crippen molar-refractivity contribution in [2.75, 3.05) is 0 Å². The second kappa shape index (κ2) is 12.1. The summed E-state index contributed by atoms with van der Waals surface area (Å²) in [6.07, 6.45) is 7.56. The maximum absolute atomic E-state index is 19.0. The summed E-state index contributed by atoms with van der Waals surface area (Å²) >= 11 is 0. The molecule has 4 nitrogen and oxygen atoms in total. The number of halogens is 2. The Bertz CT molecular complexity index is 3830. The lowest BCUT2D eigenvalue weighted by Gasteiger charge is -2.22. The highest BCUT2D eigenvalue weighted by Crippen LogP contribution is 2.54. The molecule has 0 spiro atoms. The Balaban J connectivity index is 1.17. The molecule has 0 aliphatic heterocycles. The van der Waals surface area contributed by atoms with E-state index in [4.69, 9.17) is 0 Å². The Morgan fingerprint density at radius 1 is 0.424 bits per heavy atom. The number of hydrogen-bond donors (Lipinski definition) is 0. The molecule has 66 heavy (non-hydrogen) atoms. The second-order valence-electron chi connectivity index (χ2n) is 23.2. The molecule has 4 bridgehead atoms. The van der Waals surface area contributed by atoms with Gasteiger partial charge in [0, 0.05) is 66.1 Å². The molecule has 6 aliphatic carbocycles. The molecule has 326 valence electrons. The first-order valence-corrected chi connectivity index (χ1v) is 24.5. The van der Waals surface area contributed by atoms with Crippen molar-refractivity contribution < 1.29 is 18.4 Å². The summed E-state index contributed by atoms with van der Waals surface area (Å²) in [6, 6.07) is 26.0. The van der Waals surface area contributed by atoms with Crippen LogP contribution in [0, 0.1) is 23.5 Å². The van der Waals surface area contributed by atoms with Crippen LogP contribution in [0.5, 0.6) is 0 Å². The van der Waals surface area contributed by atoms with E-state index in [1.54, 1.807) is 0 Å². The molecule has 7 aromatic carbocycles. The van der Waals surface area contributed by atoms with E-state index in [0.717, 1.165) is 139 Å². The Kier molecular flexibility index (Phi) is 6.94. The van der Waals surface area contributed by atoms with Gasteiger partial charge in [0.1, 0.15) is 0 Å². The van der Waals surface area contributed by atoms with Gasteiger partial charge in [0.2, 0.25) is 0 Å². The van der Waals surface area contributed by atoms with Crippen LogP contribution in [0.15, 0.2) is 72.8 Å². The van der Waals surface area contributed by atoms with Gasteiger partial charge in [-0.2, -0.15) is 0 Å². The van der Waals surface area contributed by atoms with Gasteiger partial charge in [-0.25, -0.2) is 8.78 Å². The smallest absolute Gasteiger partial charge is 0.166 e. The second-order valence-corrected chi connectivity index (χ2v) is 23.2. The van der Waals surface area contributed by atoms with Crippen LogP contribution < -0.4 is 0 Å². The van der Waals surface area contributed by atoms with Gasteiger partial charge < -0.3 is 8.80 Å². The minimum atomic E-state index is -0.467. The van der Waals surface area contributed by atoms with Crippen molar-refractivity contribution >= 4 is 109 Å². The SMILES string of the molecule is CC(C)(C)c1ccc2c(c1)cc1c3c(F)c4c(c(F)c3n3c5cc6c(cc5c2c13)C1CCC(CC1)C6=O)c1cc2cc(C(C)(C)C)ccc2c2c3cc5c(cc3n4c12)C(=O)C1CCC5CC1. The van der Waals surface area contributed by atoms with Crippen LogP contribution in [0.2, 0.25) is 0 Å². The van der Waals surface area contributed by atoms with Gasteiger partial charge in [-0.15, -0.1) is 0 Å². The molecule has 0 N–H and O–H groups in total. The van der Waals surface area contributed by atoms with Gasteiger partial charge in [0.15, 0.2) is 23.2 Å². The summed E-state index contributed by atoms with van der Waals surface area (Å²) in [4.78, 5) is 28.7. The molecule has 0 unspecified atom stereocenters. The van der Waals surface area contributed by atoms with Crippen LogP contribution in [-0.2, 0) is 10.8 Å². The van der Waals surface area contributed by atoms with Crippen LogP contribution in [0.1, 0.15) is 148 Å². The van der Waals surface area contributed by atoms with E-state index < -0.39 is 11.6 Å². The standard InChI is InChI=1S/C60H50F2N2O2/c1-59(2,3)33-15-17-35-31(19-33)21-43-49-51(61)56-50(52(62)55(49)63-45-25-39-37(23-41(45)47(35)53(43)63)27-7-11-29(12-8-27)57(39)65)44-22-32-20-34(60(4,5)6)16-18-36(32)48-42-24-38-28-9-13-30(14-10-28)58(66)40(38)26-46(42)64(56)54(44)48/h15-30H,7-14H2,1-6H3. The number of carbonyl (C=O) groups is 2. The first-order chi connectivity index (χ1) is 31.7. The number of fused-ring (bicyclic) bond motifs is 20. The molecule has 0 amide bonds. The van der Waals surface area contributed by atoms with Crippen molar-refractivity contribution in [2.24, 2.45) is 11.8 Å². The van der Waals surface area contributed by atoms with Gasteiger partial charge >= 0.3 is 0 Å². The average Bonchev–Trinajstić information content (AvgIpc) is 3.95. The van der Waals surface area contributed by atoms with E-state index >= 15 is 8.78 Å². The molecule has 4 heterocycles. The van der Waals surface area contributed by atoms with Gasteiger partial charge in [-0.05, 0) is 154 Å². The van der Waals surface area contributed by atoms with Gasteiger partial charge in [0.05, 0.1) is 33.1 Å². The zero-order valence-corrected chi connectivity index (χ0v) is 38.4. The number of Topliss-reactive ketones (excluding diaryl/α,β-unsaturated/α-hetero) is 2. The molecule has 2 saturated carbocycles. The number of rotatable bonds is 0. The van der Waals surface area contributed by atoms with E-state index in [1.165, 1.54) is 11.1 Å². The first-order valence-electron chi connectivity index (χ1n) is 24.5. The molecule has 0 radical (unpaired) electrons. The fourth-order valence-electron chi connectivity index (χ4n) is 14.3. The van der Waals surface area contributed by atoms with Crippen LogP contribution in [0.25, 0.3) is 97.7 Å². The van der Waals surface area contributed by atoms with Crippen molar-refractivity contribution in [3.05, 3.63) is 118 Å². The van der Waals surface area contributed by atoms with Gasteiger partial charge in [0.25, 0.3) is 0 Å². The Labute approximate surface area is 380 Å². The van der Waals surface area contributed by atoms with Crippen LogP contribution in [0.4, 0.5) is 8.78 Å². The topological polar surface area (TPSA) is 43.0 Å². The molecular weight excluding hydrogens is 819 g/mol. The molecule has 11 aromatic rings. The van der Waals surface area contributed by atoms with Crippen molar-refractivity contribution in [3.63, 3.8) is 0 Å². The van der Waals surface area contributed by atoms with Crippen molar-refractivity contribution in [1.29, 1.82) is 0 Å². The maximum atomic E-state index is 19.0. The van der Waals surface area contributed by atoms with E-state index in [2.05, 4.69) is 102 Å². The highest BCUT2D eigenvalue weighted by Gasteiger charge is 2.39. The number of benzene rings is 7. The first kappa shape index (κ1) is 38.0. The highest BCUT2D eigenvalue weighted by molar-refractivity contribution is 6.36. The summed E-state index contributed by atoms with van der Waals surface area (Å²) in [5, 5.41) is 9.83. The third-order valence-corrected chi connectivity index (χ3v) is 17.7. The van der Waals surface area contributed by atoms with Crippen molar-refractivity contribution in [1.82, 2.24) is 8.80 Å². The maximum Gasteiger partial charge on any atom is 0.166 e. The zero-order chi connectivity index (χ0) is 44.8. The number of nitrogens with zero attached hydrogens (tertiary/aromatic N) is 2. The average molecular weight is 869 g/mol. The van der Waals surface area contributed by atoms with E-state index in [9.17, 15) is 9.59 Å². The molecular formula is C60H50F2N2O2. The van der Waals surface area contributed by atoms with Crippen LogP contribution >= 0.6 is 0 Å². The van der Waals surface area contributed by atoms with Crippen molar-refractivity contribution in [3.8, 4) is 0 Å². The fraction of sp³-hybridized carbons (Fsp3) is 0.333. The number of aromatic nitrogens is 2. The normalized spacial score (nSPS) is 21.5. The van der Waals surface area contributed by atoms with E-state index in [-0.39, 0.29) is 56.0 Å². The largest absolute Gasteiger partial charge is 0.305 e. The Morgan fingerprint density at radius 2 is 0.803 bits per heavy atom. The third kappa shape index (κ3) is 4.50. The molecule has 2 fully saturated rings. The lowest BCUT2D eigenvalue weighted by molar-refractivity contribution is 0.0891. The quantitative estimate of drug-likeness (QED) is 0.152. The predicted octanol–water partition coefficient (Wildman–Crippen LogP) is 16.1. The number of carbonyl (C=O) groups excluding carboxylic acids is 2. The predicted molar refractivity (Wildman–Crippen MR) is 266 cm³/mol.